The molecule has 3 heterocycles. The zero-order valence-electron chi connectivity index (χ0n) is 32.5. The number of carbonyl (C=O) groups is 5. The summed E-state index contributed by atoms with van der Waals surface area (Å²) >= 11 is 0. The predicted octanol–water partition coefficient (Wildman–Crippen LogP) is -2.04. The van der Waals surface area contributed by atoms with E-state index in [0.29, 0.717) is 129 Å². The van der Waals surface area contributed by atoms with Crippen molar-refractivity contribution in [2.45, 2.75) is 26.2 Å². The first-order valence-corrected chi connectivity index (χ1v) is 18.9. The Hall–Kier alpha value is -4.84. The third kappa shape index (κ3) is 21.3. The van der Waals surface area contributed by atoms with E-state index in [2.05, 4.69) is 46.2 Å². The average Bonchev–Trinajstić information content (AvgIpc) is 3.16. The number of carboxylic acid groups (broad SMARTS) is 3. The largest absolute Gasteiger partial charge is 0.480 e. The van der Waals surface area contributed by atoms with Crippen LogP contribution in [0.1, 0.15) is 25.1 Å². The van der Waals surface area contributed by atoms with Gasteiger partial charge in [0.05, 0.1) is 57.9 Å². The lowest BCUT2D eigenvalue weighted by molar-refractivity contribution is -0.140. The van der Waals surface area contributed by atoms with E-state index < -0.39 is 17.9 Å². The van der Waals surface area contributed by atoms with Crippen LogP contribution >= 0.6 is 0 Å². The highest BCUT2D eigenvalue weighted by Gasteiger charge is 2.20. The second-order valence-electron chi connectivity index (χ2n) is 13.3. The van der Waals surface area contributed by atoms with Gasteiger partial charge in [-0.25, -0.2) is 0 Å². The van der Waals surface area contributed by atoms with E-state index in [9.17, 15) is 39.3 Å². The average molecular weight is 805 g/mol. The number of rotatable bonds is 24. The molecule has 0 unspecified atom stereocenters. The van der Waals surface area contributed by atoms with Gasteiger partial charge in [0, 0.05) is 91.4 Å². The normalized spacial score (nSPS) is 15.3. The summed E-state index contributed by atoms with van der Waals surface area (Å²) in [5.41, 5.74) is 0.982. The van der Waals surface area contributed by atoms with Crippen molar-refractivity contribution in [3.8, 4) is 11.5 Å². The molecule has 2 amide bonds. The van der Waals surface area contributed by atoms with Gasteiger partial charge < -0.3 is 40.7 Å². The lowest BCUT2D eigenvalue weighted by Crippen LogP contribution is -2.49. The number of aromatic nitrogens is 5. The summed E-state index contributed by atoms with van der Waals surface area (Å²) in [7, 11) is 0. The molecule has 1 saturated heterocycles. The van der Waals surface area contributed by atoms with Crippen molar-refractivity contribution in [2.24, 2.45) is 0 Å². The van der Waals surface area contributed by atoms with Crippen LogP contribution in [0.5, 0.6) is 0 Å². The maximum absolute atomic E-state index is 12.3. The van der Waals surface area contributed by atoms with Gasteiger partial charge in [-0.3, -0.25) is 48.6 Å². The zero-order chi connectivity index (χ0) is 41.3. The molecule has 0 bridgehead atoms. The van der Waals surface area contributed by atoms with Crippen molar-refractivity contribution in [3.05, 3.63) is 24.2 Å². The summed E-state index contributed by atoms with van der Waals surface area (Å²) in [5.74, 6) is -2.59. The summed E-state index contributed by atoms with van der Waals surface area (Å²) in [4.78, 5) is 70.4. The van der Waals surface area contributed by atoms with Crippen molar-refractivity contribution in [2.75, 3.05) is 130 Å². The highest BCUT2D eigenvalue weighted by atomic mass is 16.5. The Morgan fingerprint density at radius 2 is 1.16 bits per heavy atom. The van der Waals surface area contributed by atoms with Gasteiger partial charge in [0.25, 0.3) is 0 Å². The van der Waals surface area contributed by atoms with Crippen molar-refractivity contribution in [3.63, 3.8) is 0 Å². The van der Waals surface area contributed by atoms with Crippen LogP contribution in [0.25, 0.3) is 11.5 Å². The van der Waals surface area contributed by atoms with Crippen LogP contribution in [-0.4, -0.2) is 215 Å². The maximum atomic E-state index is 12.3. The van der Waals surface area contributed by atoms with Crippen LogP contribution in [0.4, 0.5) is 5.69 Å². The molecular weight excluding hydrogens is 748 g/mol. The van der Waals surface area contributed by atoms with Crippen molar-refractivity contribution in [1.29, 1.82) is 0 Å². The first kappa shape index (κ1) is 46.5. The molecule has 0 radical (unpaired) electrons. The highest BCUT2D eigenvalue weighted by Crippen LogP contribution is 2.14. The fraction of sp³-hybridized carbons (Fsp3) is 0.657. The molecule has 316 valence electrons. The fourth-order valence-electron chi connectivity index (χ4n) is 5.64. The quantitative estimate of drug-likeness (QED) is 0.0624. The number of carbonyl (C=O) groups excluding carboxylic acids is 2. The Morgan fingerprint density at radius 1 is 0.649 bits per heavy atom. The molecule has 0 atom stereocenters. The molecule has 6 N–H and O–H groups in total. The molecule has 57 heavy (non-hydrogen) atoms. The molecule has 22 heteroatoms. The predicted molar refractivity (Wildman–Crippen MR) is 204 cm³/mol. The van der Waals surface area contributed by atoms with Gasteiger partial charge in [-0.1, -0.05) is 0 Å². The summed E-state index contributed by atoms with van der Waals surface area (Å²) < 4.78 is 11.1. The molecule has 0 aromatic carbocycles. The Kier molecular flexibility index (Phi) is 22.0. The number of ether oxygens (including phenoxy) is 2. The van der Waals surface area contributed by atoms with E-state index in [-0.39, 0.29) is 50.1 Å². The molecular formula is C35H56N12O10. The lowest BCUT2D eigenvalue weighted by atomic mass is 10.2. The van der Waals surface area contributed by atoms with Gasteiger partial charge in [0.1, 0.15) is 5.69 Å². The Balaban J connectivity index is 1.22. The zero-order valence-corrected chi connectivity index (χ0v) is 32.5. The Bertz CT molecular complexity index is 1490. The topological polar surface area (TPSA) is 278 Å². The molecule has 0 spiro atoms. The van der Waals surface area contributed by atoms with Gasteiger partial charge in [-0.05, 0) is 25.5 Å². The van der Waals surface area contributed by atoms with E-state index in [1.54, 1.807) is 33.8 Å². The summed E-state index contributed by atoms with van der Waals surface area (Å²) in [6, 6.07) is 3.33. The second-order valence-corrected chi connectivity index (χ2v) is 13.3. The van der Waals surface area contributed by atoms with Gasteiger partial charge in [0.2, 0.25) is 17.6 Å². The van der Waals surface area contributed by atoms with E-state index in [0.717, 1.165) is 0 Å². The van der Waals surface area contributed by atoms with Gasteiger partial charge in [-0.15, -0.1) is 20.4 Å². The number of amides is 2. The van der Waals surface area contributed by atoms with Crippen LogP contribution in [0.2, 0.25) is 0 Å². The molecule has 2 aromatic rings. The number of pyridine rings is 1. The summed E-state index contributed by atoms with van der Waals surface area (Å²) in [6.07, 6.45) is 2.24. The van der Waals surface area contributed by atoms with Crippen LogP contribution in [0.3, 0.4) is 0 Å². The van der Waals surface area contributed by atoms with Gasteiger partial charge >= 0.3 is 17.9 Å². The van der Waals surface area contributed by atoms with E-state index in [4.69, 9.17) is 9.47 Å². The minimum atomic E-state index is -0.994. The number of nitrogens with zero attached hydrogens (tertiary/aromatic N) is 9. The molecule has 0 aliphatic carbocycles. The first-order chi connectivity index (χ1) is 27.5. The number of hydrogen-bond acceptors (Lipinski definition) is 17. The minimum Gasteiger partial charge on any atom is -0.480 e. The second kappa shape index (κ2) is 26.9. The van der Waals surface area contributed by atoms with Gasteiger partial charge in [0.15, 0.2) is 5.82 Å². The van der Waals surface area contributed by atoms with Crippen molar-refractivity contribution in [1.82, 2.24) is 55.6 Å². The van der Waals surface area contributed by atoms with Crippen LogP contribution in [0, 0.1) is 6.92 Å². The highest BCUT2D eigenvalue weighted by molar-refractivity contribution is 5.91. The fourth-order valence-corrected chi connectivity index (χ4v) is 5.64. The molecule has 3 rings (SSSR count). The first-order valence-electron chi connectivity index (χ1n) is 18.9. The smallest absolute Gasteiger partial charge is 0.317 e. The molecule has 1 aliphatic rings. The molecule has 2 aromatic heterocycles. The maximum Gasteiger partial charge on any atom is 0.317 e. The van der Waals surface area contributed by atoms with Crippen molar-refractivity contribution < 1.29 is 48.8 Å². The molecule has 1 fully saturated rings. The minimum absolute atomic E-state index is 0.157. The molecule has 1 aliphatic heterocycles. The third-order valence-corrected chi connectivity index (χ3v) is 8.64. The number of hydrogen-bond donors (Lipinski definition) is 6. The molecule has 22 nitrogen and oxygen atoms in total. The van der Waals surface area contributed by atoms with E-state index >= 15 is 0 Å². The van der Waals surface area contributed by atoms with Crippen LogP contribution in [-0.2, 0) is 33.4 Å². The number of aliphatic carboxylic acids is 3. The summed E-state index contributed by atoms with van der Waals surface area (Å²) in [6.45, 7) is 8.45. The van der Waals surface area contributed by atoms with Crippen LogP contribution in [0.15, 0.2) is 18.3 Å². The van der Waals surface area contributed by atoms with Crippen LogP contribution < -0.4 is 16.0 Å². The number of anilines is 1. The Morgan fingerprint density at radius 3 is 1.67 bits per heavy atom. The van der Waals surface area contributed by atoms with E-state index in [1.807, 2.05) is 0 Å². The lowest BCUT2D eigenvalue weighted by Gasteiger charge is -2.33. The van der Waals surface area contributed by atoms with E-state index in [1.165, 1.54) is 6.20 Å². The monoisotopic (exact) mass is 804 g/mol. The summed E-state index contributed by atoms with van der Waals surface area (Å²) in [5, 5.41) is 52.5. The third-order valence-electron chi connectivity index (χ3n) is 8.64. The van der Waals surface area contributed by atoms with Crippen molar-refractivity contribution >= 4 is 35.4 Å². The number of carboxylic acids is 3. The number of nitrogens with one attached hydrogen (secondary N) is 3. The Labute approximate surface area is 331 Å². The molecule has 0 saturated carbocycles. The SMILES string of the molecule is Cc1nnc(-c2ccc(NC(=O)CCCC(=O)NCCOCCOCCNCCN3CCN(CC(=O)O)CCN(CC(=O)O)CCN(CC(=O)O)CC3)cn2)nn1. The standard InChI is InChI=1S/C35H56N12O10/c1-27-40-42-35(43-41-27)29-6-5-28(23-38-29)39-31(49)4-2-3-30(48)37-9-20-57-22-21-56-19-8-36-7-10-44-11-13-45(24-32(50)51)15-17-47(26-34(54)55)18-16-46(14-12-44)25-33(52)53/h5-6,23,36H,2-4,7-22,24-26H2,1H3,(H,37,48)(H,39,49)(H,50,51)(H,52,53)(H,54,55). The van der Waals surface area contributed by atoms with Gasteiger partial charge in [-0.2, -0.15) is 0 Å². The number of aryl methyl sites for hydroxylation is 1.